The second-order valence-electron chi connectivity index (χ2n) is 5.63. The fraction of sp³-hybridized carbons (Fsp3) is 0.438. The summed E-state index contributed by atoms with van der Waals surface area (Å²) in [5, 5.41) is 4.17. The molecule has 0 aliphatic carbocycles. The molecule has 0 saturated heterocycles. The number of rotatable bonds is 6. The lowest BCUT2D eigenvalue weighted by molar-refractivity contribution is 0.589. The van der Waals surface area contributed by atoms with E-state index in [0.717, 1.165) is 29.6 Å². The van der Waals surface area contributed by atoms with Crippen LogP contribution in [0.25, 0.3) is 0 Å². The third-order valence-electron chi connectivity index (χ3n) is 3.44. The van der Waals surface area contributed by atoms with Crippen molar-refractivity contribution in [2.75, 3.05) is 11.9 Å². The van der Waals surface area contributed by atoms with Crippen molar-refractivity contribution < 1.29 is 0 Å². The van der Waals surface area contributed by atoms with Gasteiger partial charge in [-0.1, -0.05) is 31.5 Å². The minimum absolute atomic E-state index is 0.467. The molecule has 0 aliphatic heterocycles. The van der Waals surface area contributed by atoms with E-state index in [1.165, 1.54) is 5.56 Å². The first-order chi connectivity index (χ1) is 9.97. The van der Waals surface area contributed by atoms with Crippen LogP contribution < -0.4 is 10.2 Å². The number of anilines is 1. The van der Waals surface area contributed by atoms with Gasteiger partial charge in [0.2, 0.25) is 0 Å². The lowest BCUT2D eigenvalue weighted by atomic mass is 10.2. The number of hydrogen-bond donors (Lipinski definition) is 1. The van der Waals surface area contributed by atoms with E-state index in [1.54, 1.807) is 0 Å². The lowest BCUT2D eigenvalue weighted by Crippen LogP contribution is -2.22. The highest BCUT2D eigenvalue weighted by Gasteiger charge is 2.10. The van der Waals surface area contributed by atoms with Gasteiger partial charge in [0.25, 0.3) is 0 Å². The van der Waals surface area contributed by atoms with Gasteiger partial charge < -0.3 is 14.8 Å². The van der Waals surface area contributed by atoms with E-state index in [-0.39, 0.29) is 0 Å². The van der Waals surface area contributed by atoms with Crippen molar-refractivity contribution in [2.24, 2.45) is 7.05 Å². The first-order valence-corrected chi connectivity index (χ1v) is 7.54. The Balaban J connectivity index is 2.07. The van der Waals surface area contributed by atoms with Crippen LogP contribution in [-0.4, -0.2) is 22.6 Å². The molecule has 0 spiro atoms. The highest BCUT2D eigenvalue weighted by atomic mass is 35.5. The summed E-state index contributed by atoms with van der Waals surface area (Å²) in [6, 6.07) is 6.68. The summed E-state index contributed by atoms with van der Waals surface area (Å²) < 4.78 is 2.02. The fourth-order valence-electron chi connectivity index (χ4n) is 2.14. The van der Waals surface area contributed by atoms with E-state index < -0.39 is 0 Å². The van der Waals surface area contributed by atoms with Crippen LogP contribution in [-0.2, 0) is 20.1 Å². The van der Waals surface area contributed by atoms with Crippen molar-refractivity contribution in [3.63, 3.8) is 0 Å². The maximum atomic E-state index is 6.42. The van der Waals surface area contributed by atoms with Gasteiger partial charge >= 0.3 is 0 Å². The first-order valence-electron chi connectivity index (χ1n) is 7.16. The van der Waals surface area contributed by atoms with Gasteiger partial charge in [0.1, 0.15) is 5.82 Å². The largest absolute Gasteiger partial charge is 0.366 e. The van der Waals surface area contributed by atoms with E-state index in [1.807, 2.05) is 37.1 Å². The molecule has 1 N–H and O–H groups in total. The van der Waals surface area contributed by atoms with Crippen LogP contribution in [0.2, 0.25) is 5.02 Å². The monoisotopic (exact) mass is 306 g/mol. The molecule has 2 aromatic rings. The van der Waals surface area contributed by atoms with Crippen LogP contribution in [0.3, 0.4) is 0 Å². The minimum atomic E-state index is 0.467. The van der Waals surface area contributed by atoms with Crippen molar-refractivity contribution in [1.29, 1.82) is 0 Å². The minimum Gasteiger partial charge on any atom is -0.366 e. The van der Waals surface area contributed by atoms with Gasteiger partial charge in [0, 0.05) is 39.1 Å². The number of aryl methyl sites for hydroxylation is 1. The van der Waals surface area contributed by atoms with Crippen LogP contribution in [0, 0.1) is 0 Å². The molecule has 2 rings (SSSR count). The Hall–Kier alpha value is -1.52. The molecule has 0 radical (unpaired) electrons. The van der Waals surface area contributed by atoms with Gasteiger partial charge in [-0.2, -0.15) is 0 Å². The van der Waals surface area contributed by atoms with Crippen LogP contribution in [0.4, 0.5) is 5.69 Å². The van der Waals surface area contributed by atoms with Gasteiger partial charge in [-0.3, -0.25) is 0 Å². The highest BCUT2D eigenvalue weighted by Crippen LogP contribution is 2.27. The summed E-state index contributed by atoms with van der Waals surface area (Å²) in [7, 11) is 4.03. The molecular formula is C16H23ClN4. The molecule has 0 aliphatic rings. The topological polar surface area (TPSA) is 33.1 Å². The van der Waals surface area contributed by atoms with Crippen molar-refractivity contribution in [1.82, 2.24) is 14.9 Å². The fourth-order valence-corrected chi connectivity index (χ4v) is 2.49. The third-order valence-corrected chi connectivity index (χ3v) is 3.74. The summed E-state index contributed by atoms with van der Waals surface area (Å²) >= 11 is 6.42. The Kier molecular flexibility index (Phi) is 5.26. The molecule has 1 aromatic carbocycles. The van der Waals surface area contributed by atoms with Crippen LogP contribution in [0.15, 0.2) is 30.6 Å². The summed E-state index contributed by atoms with van der Waals surface area (Å²) in [6.07, 6.45) is 3.76. The van der Waals surface area contributed by atoms with Crippen molar-refractivity contribution in [3.05, 3.63) is 47.0 Å². The van der Waals surface area contributed by atoms with Gasteiger partial charge in [-0.05, 0) is 17.7 Å². The lowest BCUT2D eigenvalue weighted by Gasteiger charge is -2.21. The van der Waals surface area contributed by atoms with E-state index in [0.29, 0.717) is 6.04 Å². The number of nitrogens with zero attached hydrogens (tertiary/aromatic N) is 3. The standard InChI is InChI=1S/C16H23ClN4/c1-12(2)19-10-13-5-6-15(14(17)9-13)21(4)11-16-18-7-8-20(16)3/h5-9,12,19H,10-11H2,1-4H3. The molecule has 5 heteroatoms. The maximum absolute atomic E-state index is 6.42. The number of hydrogen-bond acceptors (Lipinski definition) is 3. The molecule has 0 amide bonds. The van der Waals surface area contributed by atoms with Crippen molar-refractivity contribution >= 4 is 17.3 Å². The predicted octanol–water partition coefficient (Wildman–Crippen LogP) is 3.21. The molecule has 0 unspecified atom stereocenters. The average Bonchev–Trinajstić information content (AvgIpc) is 2.82. The van der Waals surface area contributed by atoms with Crippen molar-refractivity contribution in [2.45, 2.75) is 33.0 Å². The number of halogens is 1. The summed E-state index contributed by atoms with van der Waals surface area (Å²) in [5.74, 6) is 1.01. The molecule has 0 saturated carbocycles. The van der Waals surface area contributed by atoms with Crippen LogP contribution in [0.5, 0.6) is 0 Å². The molecule has 4 nitrogen and oxygen atoms in total. The van der Waals surface area contributed by atoms with Gasteiger partial charge in [-0.25, -0.2) is 4.98 Å². The summed E-state index contributed by atoms with van der Waals surface area (Å²) in [4.78, 5) is 6.46. The zero-order chi connectivity index (χ0) is 15.4. The Morgan fingerprint density at radius 2 is 2.14 bits per heavy atom. The Labute approximate surface area is 131 Å². The second kappa shape index (κ2) is 6.96. The maximum Gasteiger partial charge on any atom is 0.127 e. The predicted molar refractivity (Wildman–Crippen MR) is 88.7 cm³/mol. The Morgan fingerprint density at radius 3 is 2.71 bits per heavy atom. The molecule has 1 aromatic heterocycles. The molecule has 0 bridgehead atoms. The third kappa shape index (κ3) is 4.22. The van der Waals surface area contributed by atoms with E-state index in [9.17, 15) is 0 Å². The molecule has 114 valence electrons. The number of benzene rings is 1. The average molecular weight is 307 g/mol. The van der Waals surface area contributed by atoms with Gasteiger partial charge in [0.05, 0.1) is 17.3 Å². The Bertz CT molecular complexity index is 592. The van der Waals surface area contributed by atoms with Gasteiger partial charge in [0.15, 0.2) is 0 Å². The second-order valence-corrected chi connectivity index (χ2v) is 6.04. The quantitative estimate of drug-likeness (QED) is 0.889. The molecule has 0 fully saturated rings. The zero-order valence-electron chi connectivity index (χ0n) is 13.1. The molecule has 21 heavy (non-hydrogen) atoms. The van der Waals surface area contributed by atoms with Crippen molar-refractivity contribution in [3.8, 4) is 0 Å². The highest BCUT2D eigenvalue weighted by molar-refractivity contribution is 6.33. The normalized spacial score (nSPS) is 11.1. The molecule has 1 heterocycles. The smallest absolute Gasteiger partial charge is 0.127 e. The SMILES string of the molecule is CC(C)NCc1ccc(N(C)Cc2nccn2C)c(Cl)c1. The zero-order valence-corrected chi connectivity index (χ0v) is 13.9. The summed E-state index contributed by atoms with van der Waals surface area (Å²) in [6.45, 7) is 5.83. The van der Waals surface area contributed by atoms with E-state index in [2.05, 4.69) is 41.2 Å². The van der Waals surface area contributed by atoms with E-state index in [4.69, 9.17) is 11.6 Å². The van der Waals surface area contributed by atoms with Crippen LogP contribution >= 0.6 is 11.6 Å². The molecule has 0 atom stereocenters. The number of imidazole rings is 1. The van der Waals surface area contributed by atoms with E-state index >= 15 is 0 Å². The van der Waals surface area contributed by atoms with Crippen LogP contribution in [0.1, 0.15) is 25.2 Å². The molecular weight excluding hydrogens is 284 g/mol. The van der Waals surface area contributed by atoms with Gasteiger partial charge in [-0.15, -0.1) is 0 Å². The number of nitrogens with one attached hydrogen (secondary N) is 1. The summed E-state index contributed by atoms with van der Waals surface area (Å²) in [5.41, 5.74) is 2.22. The number of aromatic nitrogens is 2. The first kappa shape index (κ1) is 15.9. The Morgan fingerprint density at radius 1 is 1.38 bits per heavy atom.